The largest absolute Gasteiger partial charge is 0.334 e. The van der Waals surface area contributed by atoms with E-state index in [4.69, 9.17) is 0 Å². The lowest BCUT2D eigenvalue weighted by Gasteiger charge is -2.28. The maximum absolute atomic E-state index is 13.3. The average molecular weight is 458 g/mol. The van der Waals surface area contributed by atoms with Crippen molar-refractivity contribution in [2.24, 2.45) is 7.05 Å². The Hall–Kier alpha value is -3.71. The third kappa shape index (κ3) is 3.74. The second kappa shape index (κ2) is 8.33. The molecule has 1 aliphatic heterocycles. The lowest BCUT2D eigenvalue weighted by molar-refractivity contribution is 0.0735. The molecule has 0 aliphatic carbocycles. The first kappa shape index (κ1) is 21.2. The summed E-state index contributed by atoms with van der Waals surface area (Å²) in [4.78, 5) is 42.1. The van der Waals surface area contributed by atoms with Gasteiger partial charge in [-0.15, -0.1) is 11.3 Å². The van der Waals surface area contributed by atoms with Crippen molar-refractivity contribution < 1.29 is 9.59 Å². The number of rotatable bonds is 3. The molecule has 0 unspecified atom stereocenters. The number of para-hydroxylation sites is 1. The highest BCUT2D eigenvalue weighted by atomic mass is 32.1. The first-order valence-electron chi connectivity index (χ1n) is 10.8. The van der Waals surface area contributed by atoms with E-state index in [2.05, 4.69) is 16.8 Å². The van der Waals surface area contributed by atoms with E-state index in [-0.39, 0.29) is 17.4 Å². The van der Waals surface area contributed by atoms with Crippen molar-refractivity contribution in [1.82, 2.24) is 9.47 Å². The van der Waals surface area contributed by atoms with E-state index in [1.807, 2.05) is 36.1 Å². The summed E-state index contributed by atoms with van der Waals surface area (Å²) in [7, 11) is 1.69. The molecule has 0 bridgehead atoms. The highest BCUT2D eigenvalue weighted by Crippen LogP contribution is 2.27. The van der Waals surface area contributed by atoms with Crippen LogP contribution in [0.4, 0.5) is 5.69 Å². The number of hydrogen-bond acceptors (Lipinski definition) is 4. The lowest BCUT2D eigenvalue weighted by atomic mass is 10.0. The van der Waals surface area contributed by atoms with Gasteiger partial charge in [0.05, 0.1) is 11.1 Å². The molecule has 33 heavy (non-hydrogen) atoms. The Morgan fingerprint density at radius 1 is 1.03 bits per heavy atom. The number of amides is 2. The van der Waals surface area contributed by atoms with Crippen LogP contribution in [-0.4, -0.2) is 27.8 Å². The maximum Gasteiger partial charge on any atom is 0.256 e. The Morgan fingerprint density at radius 2 is 1.85 bits per heavy atom. The molecular weight excluding hydrogens is 434 g/mol. The summed E-state index contributed by atoms with van der Waals surface area (Å²) in [5.74, 6) is -0.419. The van der Waals surface area contributed by atoms with Crippen molar-refractivity contribution in [2.45, 2.75) is 19.9 Å². The third-order valence-corrected chi connectivity index (χ3v) is 7.33. The molecule has 6 nitrogen and oxygen atoms in total. The number of anilines is 1. The van der Waals surface area contributed by atoms with E-state index < -0.39 is 0 Å². The number of carbonyl (C=O) groups excluding carboxylic acids is 2. The smallest absolute Gasteiger partial charge is 0.256 e. The molecular formula is C26H23N3O3S. The molecule has 2 amide bonds. The fourth-order valence-electron chi connectivity index (χ4n) is 4.38. The standard InChI is InChI=1S/C26H23N3O3S/c1-16-18(26(32)29-12-10-23-17(15-29)11-13-33-23)7-5-8-21(16)27-25(31)20-14-24(30)28(2)22-9-4-3-6-19(20)22/h3-9,11,13-14H,10,12,15H2,1-2H3,(H,27,31). The average Bonchev–Trinajstić information content (AvgIpc) is 3.30. The fraction of sp³-hybridized carbons (Fsp3) is 0.192. The zero-order chi connectivity index (χ0) is 23.1. The predicted molar refractivity (Wildman–Crippen MR) is 131 cm³/mol. The number of fused-ring (bicyclic) bond motifs is 2. The number of nitrogens with one attached hydrogen (secondary N) is 1. The monoisotopic (exact) mass is 457 g/mol. The molecule has 2 aromatic heterocycles. The number of aromatic nitrogens is 1. The van der Waals surface area contributed by atoms with Crippen LogP contribution in [0.5, 0.6) is 0 Å². The van der Waals surface area contributed by atoms with Crippen LogP contribution < -0.4 is 10.9 Å². The molecule has 1 N–H and O–H groups in total. The summed E-state index contributed by atoms with van der Waals surface area (Å²) in [6.07, 6.45) is 0.865. The molecule has 2 aromatic carbocycles. The van der Waals surface area contributed by atoms with Gasteiger partial charge in [0.15, 0.2) is 0 Å². The van der Waals surface area contributed by atoms with Gasteiger partial charge in [0, 0.05) is 47.7 Å². The number of thiophene rings is 1. The molecule has 4 aromatic rings. The van der Waals surface area contributed by atoms with Gasteiger partial charge < -0.3 is 14.8 Å². The molecule has 0 fully saturated rings. The lowest BCUT2D eigenvalue weighted by Crippen LogP contribution is -2.35. The molecule has 7 heteroatoms. The molecule has 0 saturated heterocycles. The van der Waals surface area contributed by atoms with Crippen molar-refractivity contribution in [1.29, 1.82) is 0 Å². The van der Waals surface area contributed by atoms with Crippen molar-refractivity contribution in [3.63, 3.8) is 0 Å². The van der Waals surface area contributed by atoms with Gasteiger partial charge in [-0.3, -0.25) is 14.4 Å². The topological polar surface area (TPSA) is 71.4 Å². The second-order valence-electron chi connectivity index (χ2n) is 8.25. The number of pyridine rings is 1. The number of benzene rings is 2. The van der Waals surface area contributed by atoms with Crippen LogP contribution in [0.3, 0.4) is 0 Å². The predicted octanol–water partition coefficient (Wildman–Crippen LogP) is 4.36. The van der Waals surface area contributed by atoms with E-state index >= 15 is 0 Å². The summed E-state index contributed by atoms with van der Waals surface area (Å²) >= 11 is 1.74. The van der Waals surface area contributed by atoms with Gasteiger partial charge in [0.25, 0.3) is 17.4 Å². The van der Waals surface area contributed by atoms with Crippen LogP contribution in [0, 0.1) is 6.92 Å². The molecule has 3 heterocycles. The highest BCUT2D eigenvalue weighted by molar-refractivity contribution is 7.10. The summed E-state index contributed by atoms with van der Waals surface area (Å²) in [6, 6.07) is 16.1. The van der Waals surface area contributed by atoms with E-state index in [1.165, 1.54) is 21.1 Å². The number of nitrogens with zero attached hydrogens (tertiary/aromatic N) is 2. The maximum atomic E-state index is 13.3. The molecule has 0 spiro atoms. The van der Waals surface area contributed by atoms with Crippen LogP contribution in [0.25, 0.3) is 10.9 Å². The number of carbonyl (C=O) groups is 2. The van der Waals surface area contributed by atoms with Crippen LogP contribution >= 0.6 is 11.3 Å². The number of aryl methyl sites for hydroxylation is 1. The van der Waals surface area contributed by atoms with Crippen LogP contribution in [0.15, 0.2) is 64.8 Å². The second-order valence-corrected chi connectivity index (χ2v) is 9.25. The first-order chi connectivity index (χ1) is 15.9. The molecule has 166 valence electrons. The Kier molecular flexibility index (Phi) is 5.34. The fourth-order valence-corrected chi connectivity index (χ4v) is 5.27. The first-order valence-corrected chi connectivity index (χ1v) is 11.7. The highest BCUT2D eigenvalue weighted by Gasteiger charge is 2.24. The Balaban J connectivity index is 1.44. The Bertz CT molecular complexity index is 1470. The van der Waals surface area contributed by atoms with E-state index in [0.29, 0.717) is 46.4 Å². The normalized spacial score (nSPS) is 13.1. The third-order valence-electron chi connectivity index (χ3n) is 6.31. The Morgan fingerprint density at radius 3 is 2.70 bits per heavy atom. The number of hydrogen-bond donors (Lipinski definition) is 1. The van der Waals surface area contributed by atoms with Crippen molar-refractivity contribution in [2.75, 3.05) is 11.9 Å². The Labute approximate surface area is 195 Å². The minimum atomic E-state index is -0.377. The molecule has 0 saturated carbocycles. The molecule has 0 atom stereocenters. The van der Waals surface area contributed by atoms with Gasteiger partial charge in [-0.25, -0.2) is 0 Å². The van der Waals surface area contributed by atoms with E-state index in [9.17, 15) is 14.4 Å². The molecule has 1 aliphatic rings. The van der Waals surface area contributed by atoms with E-state index in [1.54, 1.807) is 36.6 Å². The van der Waals surface area contributed by atoms with Gasteiger partial charge >= 0.3 is 0 Å². The van der Waals surface area contributed by atoms with Gasteiger partial charge in [0.2, 0.25) is 0 Å². The zero-order valence-electron chi connectivity index (χ0n) is 18.4. The summed E-state index contributed by atoms with van der Waals surface area (Å²) in [5, 5.41) is 5.69. The van der Waals surface area contributed by atoms with Gasteiger partial charge in [0.1, 0.15) is 0 Å². The minimum Gasteiger partial charge on any atom is -0.334 e. The summed E-state index contributed by atoms with van der Waals surface area (Å²) in [5.41, 5.74) is 3.79. The zero-order valence-corrected chi connectivity index (χ0v) is 19.2. The minimum absolute atomic E-state index is 0.0421. The van der Waals surface area contributed by atoms with Crippen molar-refractivity contribution in [3.05, 3.63) is 97.5 Å². The van der Waals surface area contributed by atoms with Gasteiger partial charge in [-0.05, 0) is 54.1 Å². The molecule has 5 rings (SSSR count). The summed E-state index contributed by atoms with van der Waals surface area (Å²) in [6.45, 7) is 3.12. The van der Waals surface area contributed by atoms with E-state index in [0.717, 1.165) is 6.42 Å². The van der Waals surface area contributed by atoms with Crippen LogP contribution in [0.1, 0.15) is 36.7 Å². The van der Waals surface area contributed by atoms with Crippen molar-refractivity contribution >= 4 is 39.7 Å². The SMILES string of the molecule is Cc1c(NC(=O)c2cc(=O)n(C)c3ccccc23)cccc1C(=O)N1CCc2sccc2C1. The van der Waals surface area contributed by atoms with Gasteiger partial charge in [-0.1, -0.05) is 24.3 Å². The molecule has 0 radical (unpaired) electrons. The van der Waals surface area contributed by atoms with Crippen molar-refractivity contribution in [3.8, 4) is 0 Å². The van der Waals surface area contributed by atoms with Gasteiger partial charge in [-0.2, -0.15) is 0 Å². The summed E-state index contributed by atoms with van der Waals surface area (Å²) < 4.78 is 1.52. The van der Waals surface area contributed by atoms with Crippen LogP contribution in [0.2, 0.25) is 0 Å². The quantitative estimate of drug-likeness (QED) is 0.497. The van der Waals surface area contributed by atoms with Crippen LogP contribution in [-0.2, 0) is 20.0 Å².